The van der Waals surface area contributed by atoms with E-state index in [4.69, 9.17) is 4.74 Å². The first-order valence-corrected chi connectivity index (χ1v) is 4.41. The molecule has 0 amide bonds. The fourth-order valence-corrected chi connectivity index (χ4v) is 1.37. The summed E-state index contributed by atoms with van der Waals surface area (Å²) in [5, 5.41) is 12.8. The molecule has 0 bridgehead atoms. The maximum Gasteiger partial charge on any atom is 0.261 e. The molecule has 0 radical (unpaired) electrons. The van der Waals surface area contributed by atoms with Crippen LogP contribution in [0.15, 0.2) is 0 Å². The number of hydrogen-bond acceptors (Lipinski definition) is 3. The molecular formula is C8H15F2NO2. The summed E-state index contributed by atoms with van der Waals surface area (Å²) in [5.41, 5.74) is -0.903. The fraction of sp³-hybridized carbons (Fsp3) is 1.00. The van der Waals surface area contributed by atoms with Gasteiger partial charge in [-0.15, -0.1) is 0 Å². The fourth-order valence-electron chi connectivity index (χ4n) is 1.37. The maximum absolute atomic E-state index is 11.7. The molecule has 78 valence electrons. The molecule has 0 atom stereocenters. The van der Waals surface area contributed by atoms with Crippen LogP contribution < -0.4 is 5.32 Å². The highest BCUT2D eigenvalue weighted by atomic mass is 19.3. The van der Waals surface area contributed by atoms with Crippen LogP contribution in [-0.2, 0) is 4.74 Å². The van der Waals surface area contributed by atoms with Crippen molar-refractivity contribution in [2.75, 3.05) is 26.3 Å². The highest BCUT2D eigenvalue weighted by molar-refractivity contribution is 4.83. The predicted octanol–water partition coefficient (Wildman–Crippen LogP) is 0.383. The summed E-state index contributed by atoms with van der Waals surface area (Å²) >= 11 is 0. The molecule has 0 spiro atoms. The lowest BCUT2D eigenvalue weighted by Gasteiger charge is -2.32. The Morgan fingerprint density at radius 2 is 2.00 bits per heavy atom. The molecule has 5 heteroatoms. The molecule has 2 N–H and O–H groups in total. The SMILES string of the molecule is OC1(COCC(F)F)CCNCC1. The monoisotopic (exact) mass is 195 g/mol. The normalized spacial score (nSPS) is 22.2. The van der Waals surface area contributed by atoms with Crippen LogP contribution in [0.2, 0.25) is 0 Å². The van der Waals surface area contributed by atoms with Crippen molar-refractivity contribution in [3.63, 3.8) is 0 Å². The summed E-state index contributed by atoms with van der Waals surface area (Å²) in [5.74, 6) is 0. The van der Waals surface area contributed by atoms with Crippen molar-refractivity contribution in [1.29, 1.82) is 0 Å². The third kappa shape index (κ3) is 3.97. The highest BCUT2D eigenvalue weighted by Gasteiger charge is 2.29. The Morgan fingerprint density at radius 1 is 1.38 bits per heavy atom. The second kappa shape index (κ2) is 4.83. The molecule has 1 fully saturated rings. The lowest BCUT2D eigenvalue weighted by Crippen LogP contribution is -2.45. The second-order valence-electron chi connectivity index (χ2n) is 3.38. The first kappa shape index (κ1) is 10.8. The summed E-state index contributed by atoms with van der Waals surface area (Å²) in [6, 6.07) is 0. The lowest BCUT2D eigenvalue weighted by molar-refractivity contribution is -0.0845. The van der Waals surface area contributed by atoms with E-state index in [2.05, 4.69) is 5.32 Å². The summed E-state index contributed by atoms with van der Waals surface area (Å²) in [7, 11) is 0. The molecule has 1 aliphatic rings. The van der Waals surface area contributed by atoms with Crippen molar-refractivity contribution in [3.8, 4) is 0 Å². The van der Waals surface area contributed by atoms with E-state index in [1.54, 1.807) is 0 Å². The Balaban J connectivity index is 2.17. The molecule has 1 heterocycles. The van der Waals surface area contributed by atoms with Crippen molar-refractivity contribution < 1.29 is 18.6 Å². The molecule has 1 saturated heterocycles. The van der Waals surface area contributed by atoms with E-state index in [9.17, 15) is 13.9 Å². The van der Waals surface area contributed by atoms with Crippen LogP contribution in [0, 0.1) is 0 Å². The van der Waals surface area contributed by atoms with Crippen LogP contribution in [0.4, 0.5) is 8.78 Å². The molecule has 0 aromatic carbocycles. The maximum atomic E-state index is 11.7. The minimum absolute atomic E-state index is 0.0129. The van der Waals surface area contributed by atoms with Gasteiger partial charge in [0.25, 0.3) is 6.43 Å². The molecule has 1 rings (SSSR count). The molecule has 13 heavy (non-hydrogen) atoms. The van der Waals surface area contributed by atoms with Crippen LogP contribution in [0.1, 0.15) is 12.8 Å². The Morgan fingerprint density at radius 3 is 2.54 bits per heavy atom. The molecule has 0 aromatic heterocycles. The Labute approximate surface area is 76.1 Å². The van der Waals surface area contributed by atoms with Gasteiger partial charge in [-0.3, -0.25) is 0 Å². The average molecular weight is 195 g/mol. The summed E-state index contributed by atoms with van der Waals surface area (Å²) in [6.07, 6.45) is -1.32. The van der Waals surface area contributed by atoms with Gasteiger partial charge in [0.15, 0.2) is 0 Å². The van der Waals surface area contributed by atoms with Gasteiger partial charge in [0.2, 0.25) is 0 Å². The predicted molar refractivity (Wildman–Crippen MR) is 43.9 cm³/mol. The summed E-state index contributed by atoms with van der Waals surface area (Å²) < 4.78 is 28.1. The van der Waals surface area contributed by atoms with Gasteiger partial charge in [0.05, 0.1) is 12.2 Å². The van der Waals surface area contributed by atoms with Crippen LogP contribution in [0.3, 0.4) is 0 Å². The molecule has 0 saturated carbocycles. The van der Waals surface area contributed by atoms with Crippen molar-refractivity contribution in [2.45, 2.75) is 24.9 Å². The van der Waals surface area contributed by atoms with Gasteiger partial charge in [0.1, 0.15) is 6.61 Å². The minimum Gasteiger partial charge on any atom is -0.387 e. The zero-order chi connectivity index (χ0) is 9.73. The van der Waals surface area contributed by atoms with Crippen LogP contribution >= 0.6 is 0 Å². The number of piperidine rings is 1. The number of halogens is 2. The topological polar surface area (TPSA) is 41.5 Å². The van der Waals surface area contributed by atoms with Crippen LogP contribution in [-0.4, -0.2) is 43.4 Å². The van der Waals surface area contributed by atoms with Crippen molar-refractivity contribution in [2.24, 2.45) is 0 Å². The highest BCUT2D eigenvalue weighted by Crippen LogP contribution is 2.18. The number of ether oxygens (including phenoxy) is 1. The third-order valence-electron chi connectivity index (χ3n) is 2.15. The average Bonchev–Trinajstić information content (AvgIpc) is 2.04. The standard InChI is InChI=1S/C8H15F2NO2/c9-7(10)5-13-6-8(12)1-3-11-4-2-8/h7,11-12H,1-6H2. The first-order valence-electron chi connectivity index (χ1n) is 4.41. The van der Waals surface area contributed by atoms with Gasteiger partial charge in [-0.2, -0.15) is 0 Å². The third-order valence-corrected chi connectivity index (χ3v) is 2.15. The van der Waals surface area contributed by atoms with E-state index >= 15 is 0 Å². The molecule has 0 aliphatic carbocycles. The van der Waals surface area contributed by atoms with E-state index in [1.807, 2.05) is 0 Å². The van der Waals surface area contributed by atoms with Gasteiger partial charge in [0, 0.05) is 0 Å². The summed E-state index contributed by atoms with van der Waals surface area (Å²) in [4.78, 5) is 0. The number of rotatable bonds is 4. The van der Waals surface area contributed by atoms with Crippen LogP contribution in [0.25, 0.3) is 0 Å². The number of alkyl halides is 2. The van der Waals surface area contributed by atoms with Gasteiger partial charge in [-0.25, -0.2) is 8.78 Å². The zero-order valence-electron chi connectivity index (χ0n) is 7.43. The molecule has 0 unspecified atom stereocenters. The number of hydrogen-bond donors (Lipinski definition) is 2. The Kier molecular flexibility index (Phi) is 4.02. The van der Waals surface area contributed by atoms with Crippen molar-refractivity contribution in [1.82, 2.24) is 5.32 Å². The van der Waals surface area contributed by atoms with E-state index in [1.165, 1.54) is 0 Å². The quantitative estimate of drug-likeness (QED) is 0.681. The molecule has 1 aliphatic heterocycles. The van der Waals surface area contributed by atoms with E-state index < -0.39 is 18.6 Å². The van der Waals surface area contributed by atoms with Crippen molar-refractivity contribution in [3.05, 3.63) is 0 Å². The lowest BCUT2D eigenvalue weighted by atomic mass is 9.94. The summed E-state index contributed by atoms with van der Waals surface area (Å²) in [6.45, 7) is 0.859. The Hall–Kier alpha value is -0.260. The minimum atomic E-state index is -2.45. The largest absolute Gasteiger partial charge is 0.387 e. The van der Waals surface area contributed by atoms with Gasteiger partial charge < -0.3 is 15.2 Å². The van der Waals surface area contributed by atoms with Crippen LogP contribution in [0.5, 0.6) is 0 Å². The van der Waals surface area contributed by atoms with Gasteiger partial charge in [-0.05, 0) is 25.9 Å². The zero-order valence-corrected chi connectivity index (χ0v) is 7.43. The first-order chi connectivity index (χ1) is 6.12. The smallest absolute Gasteiger partial charge is 0.261 e. The molecule has 0 aromatic rings. The molecular weight excluding hydrogens is 180 g/mol. The van der Waals surface area contributed by atoms with Gasteiger partial charge in [-0.1, -0.05) is 0 Å². The second-order valence-corrected chi connectivity index (χ2v) is 3.38. The number of nitrogens with one attached hydrogen (secondary N) is 1. The van der Waals surface area contributed by atoms with E-state index in [0.29, 0.717) is 25.9 Å². The van der Waals surface area contributed by atoms with E-state index in [0.717, 1.165) is 0 Å². The van der Waals surface area contributed by atoms with Gasteiger partial charge >= 0.3 is 0 Å². The Bertz CT molecular complexity index is 149. The number of aliphatic hydroxyl groups is 1. The van der Waals surface area contributed by atoms with Crippen molar-refractivity contribution >= 4 is 0 Å². The van der Waals surface area contributed by atoms with E-state index in [-0.39, 0.29) is 6.61 Å². The molecule has 3 nitrogen and oxygen atoms in total.